The van der Waals surface area contributed by atoms with Crippen LogP contribution in [0.25, 0.3) is 0 Å². The van der Waals surface area contributed by atoms with E-state index >= 15 is 0 Å². The number of carbonyl (C=O) groups excluding carboxylic acids is 1. The molecule has 0 bridgehead atoms. The van der Waals surface area contributed by atoms with Gasteiger partial charge in [0.15, 0.2) is 0 Å². The molecule has 0 radical (unpaired) electrons. The van der Waals surface area contributed by atoms with Crippen molar-refractivity contribution in [1.29, 1.82) is 0 Å². The van der Waals surface area contributed by atoms with Crippen molar-refractivity contribution in [3.8, 4) is 0 Å². The number of nitrogens with zero attached hydrogens (tertiary/aromatic N) is 4. The first-order valence-electron chi connectivity index (χ1n) is 6.44. The lowest BCUT2D eigenvalue weighted by Crippen LogP contribution is -2.36. The number of rotatable bonds is 2. The summed E-state index contributed by atoms with van der Waals surface area (Å²) in [4.78, 5) is 24.2. The largest absolute Gasteiger partial charge is 0.347 e. The molecule has 1 fully saturated rings. The van der Waals surface area contributed by atoms with E-state index in [-0.39, 0.29) is 5.91 Å². The average Bonchev–Trinajstić information content (AvgIpc) is 2.39. The number of aromatic nitrogens is 2. The van der Waals surface area contributed by atoms with Gasteiger partial charge in [-0.25, -0.2) is 9.97 Å². The number of anilines is 1. The number of piperidine rings is 1. The zero-order valence-electron chi connectivity index (χ0n) is 11.6. The summed E-state index contributed by atoms with van der Waals surface area (Å²) in [6.45, 7) is 3.30. The third kappa shape index (κ3) is 3.34. The van der Waals surface area contributed by atoms with E-state index in [4.69, 9.17) is 0 Å². The van der Waals surface area contributed by atoms with Gasteiger partial charge >= 0.3 is 0 Å². The second kappa shape index (κ2) is 6.02. The number of halogens is 1. The summed E-state index contributed by atoms with van der Waals surface area (Å²) in [5.74, 6) is 1.36. The third-order valence-corrected chi connectivity index (χ3v) is 4.32. The van der Waals surface area contributed by atoms with E-state index in [2.05, 4.69) is 32.6 Å². The Labute approximate surface area is 127 Å². The number of likely N-dealkylation sites (tertiary alicyclic amines) is 1. The second-order valence-electron chi connectivity index (χ2n) is 5.08. The summed E-state index contributed by atoms with van der Waals surface area (Å²) < 4.78 is 1.12. The van der Waals surface area contributed by atoms with E-state index in [9.17, 15) is 4.79 Å². The van der Waals surface area contributed by atoms with Gasteiger partial charge in [-0.2, -0.15) is 0 Å². The Bertz CT molecular complexity index is 470. The lowest BCUT2D eigenvalue weighted by Gasteiger charge is -2.31. The molecule has 1 saturated heterocycles. The minimum absolute atomic E-state index is 0.171. The van der Waals surface area contributed by atoms with E-state index in [1.54, 1.807) is 6.92 Å². The summed E-state index contributed by atoms with van der Waals surface area (Å²) in [7, 11) is 3.90. The van der Waals surface area contributed by atoms with E-state index in [1.807, 2.05) is 30.1 Å². The van der Waals surface area contributed by atoms with Gasteiger partial charge in [0.1, 0.15) is 0 Å². The van der Waals surface area contributed by atoms with Gasteiger partial charge < -0.3 is 9.80 Å². The molecule has 0 unspecified atom stereocenters. The summed E-state index contributed by atoms with van der Waals surface area (Å²) in [6, 6.07) is 0. The van der Waals surface area contributed by atoms with Crippen LogP contribution in [-0.2, 0) is 4.79 Å². The van der Waals surface area contributed by atoms with Gasteiger partial charge in [-0.15, -0.1) is 0 Å². The van der Waals surface area contributed by atoms with Crippen LogP contribution in [0.15, 0.2) is 6.20 Å². The molecule has 6 heteroatoms. The molecule has 2 rings (SSSR count). The molecule has 1 amide bonds. The molecule has 5 nitrogen and oxygen atoms in total. The van der Waals surface area contributed by atoms with E-state index in [1.165, 1.54) is 0 Å². The zero-order valence-corrected chi connectivity index (χ0v) is 13.7. The quantitative estimate of drug-likeness (QED) is 0.742. The summed E-state index contributed by atoms with van der Waals surface area (Å²) in [5.41, 5.74) is 1.13. The van der Waals surface area contributed by atoms with Crippen molar-refractivity contribution in [2.45, 2.75) is 25.7 Å². The van der Waals surface area contributed by atoms with Gasteiger partial charge in [0.25, 0.3) is 0 Å². The molecule has 0 atom stereocenters. The highest BCUT2D eigenvalue weighted by molar-refractivity contribution is 14.1. The first-order valence-corrected chi connectivity index (χ1v) is 7.52. The third-order valence-electron chi connectivity index (χ3n) is 3.49. The molecule has 1 aromatic rings. The van der Waals surface area contributed by atoms with Crippen LogP contribution < -0.4 is 4.90 Å². The van der Waals surface area contributed by atoms with Gasteiger partial charge in [0, 0.05) is 46.2 Å². The Morgan fingerprint density at radius 2 is 2.05 bits per heavy atom. The lowest BCUT2D eigenvalue weighted by atomic mass is 9.93. The van der Waals surface area contributed by atoms with Crippen LogP contribution in [0.2, 0.25) is 0 Å². The van der Waals surface area contributed by atoms with Crippen molar-refractivity contribution in [2.75, 3.05) is 32.1 Å². The average molecular weight is 374 g/mol. The highest BCUT2D eigenvalue weighted by Gasteiger charge is 2.25. The molecule has 0 N–H and O–H groups in total. The molecule has 0 aliphatic carbocycles. The molecule has 1 aromatic heterocycles. The SMILES string of the molecule is CC(=O)N1CCC(c2nc(N(C)C)ncc2I)CC1. The Morgan fingerprint density at radius 1 is 1.42 bits per heavy atom. The fourth-order valence-electron chi connectivity index (χ4n) is 2.34. The van der Waals surface area contributed by atoms with E-state index in [0.717, 1.165) is 41.1 Å². The number of hydrogen-bond acceptors (Lipinski definition) is 4. The second-order valence-corrected chi connectivity index (χ2v) is 6.24. The molecule has 1 aliphatic heterocycles. The van der Waals surface area contributed by atoms with Crippen molar-refractivity contribution >= 4 is 34.4 Å². The Hall–Kier alpha value is -0.920. The summed E-state index contributed by atoms with van der Waals surface area (Å²) in [6.07, 6.45) is 3.86. The van der Waals surface area contributed by atoms with Crippen LogP contribution in [0, 0.1) is 3.57 Å². The molecule has 104 valence electrons. The first-order chi connectivity index (χ1) is 8.99. The van der Waals surface area contributed by atoms with Crippen LogP contribution >= 0.6 is 22.6 Å². The normalized spacial score (nSPS) is 16.5. The molecule has 0 saturated carbocycles. The van der Waals surface area contributed by atoms with Gasteiger partial charge in [-0.1, -0.05) is 0 Å². The predicted molar refractivity (Wildman–Crippen MR) is 83.3 cm³/mol. The molecular formula is C13H19IN4O. The summed E-state index contributed by atoms with van der Waals surface area (Å²) in [5, 5.41) is 0. The maximum absolute atomic E-state index is 11.3. The monoisotopic (exact) mass is 374 g/mol. The van der Waals surface area contributed by atoms with Crippen molar-refractivity contribution in [2.24, 2.45) is 0 Å². The molecule has 0 spiro atoms. The topological polar surface area (TPSA) is 49.3 Å². The van der Waals surface area contributed by atoms with Crippen molar-refractivity contribution in [3.63, 3.8) is 0 Å². The Morgan fingerprint density at radius 3 is 2.58 bits per heavy atom. The zero-order chi connectivity index (χ0) is 14.0. The molecule has 0 aromatic carbocycles. The van der Waals surface area contributed by atoms with Gasteiger partial charge in [0.05, 0.1) is 9.26 Å². The van der Waals surface area contributed by atoms with Crippen LogP contribution in [-0.4, -0.2) is 48.0 Å². The van der Waals surface area contributed by atoms with Gasteiger partial charge in [-0.3, -0.25) is 4.79 Å². The highest BCUT2D eigenvalue weighted by Crippen LogP contribution is 2.30. The molecule has 1 aliphatic rings. The number of hydrogen-bond donors (Lipinski definition) is 0. The van der Waals surface area contributed by atoms with Crippen LogP contribution in [0.4, 0.5) is 5.95 Å². The van der Waals surface area contributed by atoms with Crippen LogP contribution in [0.1, 0.15) is 31.4 Å². The Balaban J connectivity index is 2.14. The fraction of sp³-hybridized carbons (Fsp3) is 0.615. The molecular weight excluding hydrogens is 355 g/mol. The van der Waals surface area contributed by atoms with Crippen molar-refractivity contribution in [3.05, 3.63) is 15.5 Å². The number of amides is 1. The highest BCUT2D eigenvalue weighted by atomic mass is 127. The first kappa shape index (κ1) is 14.5. The van der Waals surface area contributed by atoms with Crippen molar-refractivity contribution in [1.82, 2.24) is 14.9 Å². The fourth-order valence-corrected chi connectivity index (χ4v) is 3.04. The van der Waals surface area contributed by atoms with Gasteiger partial charge in [-0.05, 0) is 35.4 Å². The predicted octanol–water partition coefficient (Wildman–Crippen LogP) is 1.87. The maximum Gasteiger partial charge on any atom is 0.225 e. The number of carbonyl (C=O) groups is 1. The molecule has 2 heterocycles. The van der Waals surface area contributed by atoms with E-state index in [0.29, 0.717) is 5.92 Å². The minimum Gasteiger partial charge on any atom is -0.347 e. The van der Waals surface area contributed by atoms with Crippen LogP contribution in [0.3, 0.4) is 0 Å². The smallest absolute Gasteiger partial charge is 0.225 e. The van der Waals surface area contributed by atoms with Crippen molar-refractivity contribution < 1.29 is 4.79 Å². The standard InChI is InChI=1S/C13H19IN4O/c1-9(19)18-6-4-10(5-7-18)12-11(14)8-15-13(16-12)17(2)3/h8,10H,4-7H2,1-3H3. The summed E-state index contributed by atoms with van der Waals surface area (Å²) >= 11 is 2.30. The van der Waals surface area contributed by atoms with Crippen LogP contribution in [0.5, 0.6) is 0 Å². The maximum atomic E-state index is 11.3. The van der Waals surface area contributed by atoms with Gasteiger partial charge in [0.2, 0.25) is 11.9 Å². The van der Waals surface area contributed by atoms with E-state index < -0.39 is 0 Å². The Kier molecular flexibility index (Phi) is 4.59. The lowest BCUT2D eigenvalue weighted by molar-refractivity contribution is -0.129. The molecule has 19 heavy (non-hydrogen) atoms. The minimum atomic E-state index is 0.171.